The molecule has 4 atom stereocenters. The Balaban J connectivity index is 1.37. The van der Waals surface area contributed by atoms with Crippen LogP contribution in [0.3, 0.4) is 0 Å². The summed E-state index contributed by atoms with van der Waals surface area (Å²) in [6, 6.07) is 3.94. The van der Waals surface area contributed by atoms with Gasteiger partial charge in [-0.25, -0.2) is 18.7 Å². The maximum absolute atomic E-state index is 14.2. The van der Waals surface area contributed by atoms with Gasteiger partial charge in [-0.2, -0.15) is 0 Å². The molecule has 1 saturated carbocycles. The van der Waals surface area contributed by atoms with Gasteiger partial charge in [-0.05, 0) is 65.2 Å². The maximum Gasteiger partial charge on any atom is 0.208 e. The van der Waals surface area contributed by atoms with Crippen LogP contribution in [0.25, 0.3) is 0 Å². The highest BCUT2D eigenvalue weighted by atomic mass is 35.5. The molecule has 2 aliphatic rings. The van der Waals surface area contributed by atoms with Crippen LogP contribution < -0.4 is 5.32 Å². The number of aromatic nitrogens is 2. The normalized spacial score (nSPS) is 22.0. The summed E-state index contributed by atoms with van der Waals surface area (Å²) in [4.78, 5) is 22.8. The third kappa shape index (κ3) is 6.62. The lowest BCUT2D eigenvalue weighted by atomic mass is 9.93. The van der Waals surface area contributed by atoms with Gasteiger partial charge in [0.2, 0.25) is 14.1 Å². The molecule has 0 spiro atoms. The Morgan fingerprint density at radius 1 is 1.11 bits per heavy atom. The Labute approximate surface area is 273 Å². The van der Waals surface area contributed by atoms with Gasteiger partial charge in [0.15, 0.2) is 11.6 Å². The van der Waals surface area contributed by atoms with Crippen molar-refractivity contribution in [2.75, 3.05) is 18.5 Å². The zero-order chi connectivity index (χ0) is 32.6. The predicted molar refractivity (Wildman–Crippen MR) is 176 cm³/mol. The molecule has 3 aromatic rings. The molecule has 1 aromatic carbocycles. The van der Waals surface area contributed by atoms with Crippen LogP contribution in [0, 0.1) is 17.6 Å². The van der Waals surface area contributed by atoms with E-state index >= 15 is 0 Å². The lowest BCUT2D eigenvalue weighted by Gasteiger charge is -2.45. The summed E-state index contributed by atoms with van der Waals surface area (Å²) in [6.45, 7) is 13.9. The number of nitrogens with zero attached hydrogens (tertiary/aromatic N) is 2. The maximum atomic E-state index is 14.2. The second-order valence-corrected chi connectivity index (χ2v) is 20.2. The van der Waals surface area contributed by atoms with E-state index in [1.54, 1.807) is 6.07 Å². The zero-order valence-electron chi connectivity index (χ0n) is 26.6. The highest BCUT2D eigenvalue weighted by Crippen LogP contribution is 2.46. The van der Waals surface area contributed by atoms with E-state index in [-0.39, 0.29) is 30.5 Å². The van der Waals surface area contributed by atoms with Crippen molar-refractivity contribution in [3.05, 3.63) is 73.8 Å². The van der Waals surface area contributed by atoms with E-state index in [1.165, 1.54) is 18.6 Å². The number of carbonyl (C=O) groups is 1. The molecular weight excluding hydrogens is 636 g/mol. The van der Waals surface area contributed by atoms with Gasteiger partial charge in [0.25, 0.3) is 0 Å². The lowest BCUT2D eigenvalue weighted by molar-refractivity contribution is 0.0696. The van der Waals surface area contributed by atoms with Gasteiger partial charge in [-0.3, -0.25) is 4.79 Å². The molecule has 0 amide bonds. The van der Waals surface area contributed by atoms with Gasteiger partial charge >= 0.3 is 0 Å². The molecule has 0 unspecified atom stereocenters. The second kappa shape index (κ2) is 13.8. The number of anilines is 1. The van der Waals surface area contributed by atoms with E-state index in [9.17, 15) is 18.7 Å². The number of rotatable bonds is 11. The van der Waals surface area contributed by atoms with Crippen molar-refractivity contribution < 1.29 is 27.8 Å². The van der Waals surface area contributed by atoms with Crippen LogP contribution in [0.5, 0.6) is 0 Å². The fraction of sp³-hybridized carbons (Fsp3) is 0.545. The molecule has 2 aromatic heterocycles. The first-order chi connectivity index (χ1) is 21.4. The number of hydrogen-bond acceptors (Lipinski definition) is 8. The van der Waals surface area contributed by atoms with Crippen LogP contribution in [-0.4, -0.2) is 54.5 Å². The van der Waals surface area contributed by atoms with Gasteiger partial charge in [-0.15, -0.1) is 11.3 Å². The molecule has 1 aliphatic carbocycles. The minimum atomic E-state index is -2.17. The summed E-state index contributed by atoms with van der Waals surface area (Å²) in [6.07, 6.45) is 3.89. The summed E-state index contributed by atoms with van der Waals surface area (Å²) >= 11 is 7.73. The quantitative estimate of drug-likeness (QED) is 0.156. The molecule has 12 heteroatoms. The van der Waals surface area contributed by atoms with E-state index in [1.807, 2.05) is 0 Å². The monoisotopic (exact) mass is 677 g/mol. The fourth-order valence-corrected chi connectivity index (χ4v) is 14.4. The van der Waals surface area contributed by atoms with Gasteiger partial charge in [0.05, 0.1) is 27.5 Å². The Kier molecular flexibility index (Phi) is 10.5. The topological polar surface area (TPSA) is 93.6 Å². The van der Waals surface area contributed by atoms with Crippen LogP contribution in [-0.2, 0) is 15.6 Å². The number of fused-ring (bicyclic) bond motifs is 1. The van der Waals surface area contributed by atoms with Crippen molar-refractivity contribution in [3.8, 4) is 0 Å². The second-order valence-electron chi connectivity index (χ2n) is 13.1. The summed E-state index contributed by atoms with van der Waals surface area (Å²) in [5.74, 6) is -1.80. The fourth-order valence-electron chi connectivity index (χ4n) is 7.52. The third-order valence-electron chi connectivity index (χ3n) is 9.56. The number of thiophene rings is 1. The molecule has 244 valence electrons. The zero-order valence-corrected chi connectivity index (χ0v) is 29.1. The van der Waals surface area contributed by atoms with Gasteiger partial charge in [-0.1, -0.05) is 53.1 Å². The van der Waals surface area contributed by atoms with Gasteiger partial charge in [0.1, 0.15) is 18.2 Å². The predicted octanol–water partition coefficient (Wildman–Crippen LogP) is 8.11. The largest absolute Gasteiger partial charge is 0.413 e. The van der Waals surface area contributed by atoms with Crippen molar-refractivity contribution in [1.29, 1.82) is 0 Å². The number of halogens is 3. The molecule has 7 nitrogen and oxygen atoms in total. The van der Waals surface area contributed by atoms with Crippen LogP contribution in [0.15, 0.2) is 30.7 Å². The van der Waals surface area contributed by atoms with Crippen LogP contribution in [0.4, 0.5) is 14.6 Å². The molecule has 3 heterocycles. The first kappa shape index (κ1) is 34.1. The summed E-state index contributed by atoms with van der Waals surface area (Å²) < 4.78 is 41.4. The first-order valence-corrected chi connectivity index (χ1v) is 19.0. The Hall–Kier alpha value is -2.28. The average Bonchev–Trinajstić information content (AvgIpc) is 3.57. The summed E-state index contributed by atoms with van der Waals surface area (Å²) in [5, 5.41) is 13.8. The molecule has 0 bridgehead atoms. The van der Waals surface area contributed by atoms with Crippen molar-refractivity contribution >= 4 is 42.9 Å². The molecule has 1 aliphatic heterocycles. The molecule has 0 radical (unpaired) electrons. The molecule has 5 rings (SSSR count). The highest BCUT2D eigenvalue weighted by Gasteiger charge is 2.49. The van der Waals surface area contributed by atoms with Crippen LogP contribution in [0.1, 0.15) is 92.4 Å². The minimum absolute atomic E-state index is 0.0244. The Morgan fingerprint density at radius 2 is 1.80 bits per heavy atom. The molecule has 2 N–H and O–H groups in total. The highest BCUT2D eigenvalue weighted by molar-refractivity contribution is 7.18. The number of carbonyl (C=O) groups excluding carboxylic acids is 1. The molecule has 0 saturated heterocycles. The van der Waals surface area contributed by atoms with E-state index in [4.69, 9.17) is 20.8 Å². The summed E-state index contributed by atoms with van der Waals surface area (Å²) in [7, 11) is -2.17. The lowest BCUT2D eigenvalue weighted by Crippen LogP contribution is -2.51. The van der Waals surface area contributed by atoms with Gasteiger partial charge in [0, 0.05) is 30.3 Å². The van der Waals surface area contributed by atoms with E-state index in [0.717, 1.165) is 17.4 Å². The smallest absolute Gasteiger partial charge is 0.208 e. The third-order valence-corrected chi connectivity index (χ3v) is 17.1. The number of nitrogens with one attached hydrogen (secondary N) is 1. The van der Waals surface area contributed by atoms with Crippen LogP contribution in [0.2, 0.25) is 21.0 Å². The standard InChI is InChI=1S/C33H42ClF2N3O4SSi/c1-17(2)45(18(3)4,19(5)6)43-28-11-22(9-21(28)15-40)39-33-25(14-37-16-38-33)30(41)29-13-24(32(34)44-29)31-23-12-27(36)26(35)10-20(23)7-8-42-31/h10,12-14,16-19,21-22,28,31,40H,7-9,11,15H2,1-6H3,(H,37,38,39)/t21-,22-,28+,31-/m1/s1. The van der Waals surface area contributed by atoms with Gasteiger partial charge < -0.3 is 19.6 Å². The van der Waals surface area contributed by atoms with E-state index in [2.05, 4.69) is 56.8 Å². The Bertz CT molecular complexity index is 1520. The minimum Gasteiger partial charge on any atom is -0.413 e. The van der Waals surface area contributed by atoms with Crippen molar-refractivity contribution in [1.82, 2.24) is 9.97 Å². The van der Waals surface area contributed by atoms with E-state index in [0.29, 0.717) is 79.8 Å². The van der Waals surface area contributed by atoms with Crippen molar-refractivity contribution in [2.45, 2.75) is 95.7 Å². The molecule has 1 fully saturated rings. The number of ketones is 1. The van der Waals surface area contributed by atoms with Crippen molar-refractivity contribution in [2.24, 2.45) is 5.92 Å². The molecular formula is C33H42ClF2N3O4SSi. The van der Waals surface area contributed by atoms with Crippen LogP contribution >= 0.6 is 22.9 Å². The number of hydrogen-bond donors (Lipinski definition) is 2. The number of benzene rings is 1. The SMILES string of the molecule is CC(C)[Si](O[C@H]1C[C@H](Nc2ncncc2C(=O)c2cc([C@@H]3OCCc4cc(F)c(F)cc43)c(Cl)s2)C[C@@H]1CO)(C(C)C)C(C)C. The number of aliphatic hydroxyl groups excluding tert-OH is 1. The van der Waals surface area contributed by atoms with E-state index < -0.39 is 26.1 Å². The first-order valence-electron chi connectivity index (χ1n) is 15.7. The Morgan fingerprint density at radius 3 is 2.47 bits per heavy atom. The number of ether oxygens (including phenoxy) is 1. The average molecular weight is 678 g/mol. The number of aliphatic hydroxyl groups is 1. The van der Waals surface area contributed by atoms with Crippen molar-refractivity contribution in [3.63, 3.8) is 0 Å². The molecule has 45 heavy (non-hydrogen) atoms. The summed E-state index contributed by atoms with van der Waals surface area (Å²) in [5.41, 5.74) is 3.23.